The maximum absolute atomic E-state index is 10.9. The fourth-order valence-corrected chi connectivity index (χ4v) is 3.15. The first kappa shape index (κ1) is 13.4. The van der Waals surface area contributed by atoms with Gasteiger partial charge in [0.15, 0.2) is 0 Å². The van der Waals surface area contributed by atoms with Crippen LogP contribution in [0.3, 0.4) is 0 Å². The molecular formula is C16H22N2O2. The Labute approximate surface area is 120 Å². The van der Waals surface area contributed by atoms with Gasteiger partial charge in [-0.25, -0.2) is 0 Å². The summed E-state index contributed by atoms with van der Waals surface area (Å²) in [4.78, 5) is 15.8. The van der Waals surface area contributed by atoms with Gasteiger partial charge in [-0.15, -0.1) is 0 Å². The quantitative estimate of drug-likeness (QED) is 0.863. The van der Waals surface area contributed by atoms with E-state index in [4.69, 9.17) is 5.11 Å². The number of likely N-dealkylation sites (tertiary alicyclic amines) is 1. The van der Waals surface area contributed by atoms with E-state index in [1.165, 1.54) is 12.8 Å². The molecule has 1 unspecified atom stereocenters. The molecule has 1 aliphatic heterocycles. The molecule has 1 atom stereocenters. The summed E-state index contributed by atoms with van der Waals surface area (Å²) in [6.45, 7) is 2.84. The molecule has 1 aliphatic carbocycles. The van der Waals surface area contributed by atoms with Crippen LogP contribution in [0.4, 0.5) is 5.69 Å². The van der Waals surface area contributed by atoms with Gasteiger partial charge in [0.05, 0.1) is 6.42 Å². The van der Waals surface area contributed by atoms with Crippen LogP contribution in [0.2, 0.25) is 0 Å². The average Bonchev–Trinajstić information content (AvgIpc) is 3.19. The molecule has 1 aromatic carbocycles. The highest BCUT2D eigenvalue weighted by Gasteiger charge is 2.36. The third-order valence-corrected chi connectivity index (χ3v) is 4.35. The lowest BCUT2D eigenvalue weighted by molar-refractivity contribution is -0.136. The Kier molecular flexibility index (Phi) is 3.92. The first-order valence-electron chi connectivity index (χ1n) is 7.51. The van der Waals surface area contributed by atoms with E-state index in [9.17, 15) is 4.79 Å². The molecule has 0 amide bonds. The Morgan fingerprint density at radius 2 is 2.00 bits per heavy atom. The van der Waals surface area contributed by atoms with Gasteiger partial charge in [0.25, 0.3) is 0 Å². The first-order chi connectivity index (χ1) is 9.74. The minimum absolute atomic E-state index is 0.203. The van der Waals surface area contributed by atoms with Crippen LogP contribution in [0.15, 0.2) is 30.3 Å². The van der Waals surface area contributed by atoms with Crippen LogP contribution in [0.5, 0.6) is 0 Å². The van der Waals surface area contributed by atoms with Crippen molar-refractivity contribution in [2.24, 2.45) is 0 Å². The highest BCUT2D eigenvalue weighted by atomic mass is 16.4. The van der Waals surface area contributed by atoms with Crippen LogP contribution in [-0.2, 0) is 4.79 Å². The summed E-state index contributed by atoms with van der Waals surface area (Å²) in [5, 5.41) is 8.97. The molecule has 1 N–H and O–H groups in total. The van der Waals surface area contributed by atoms with Gasteiger partial charge in [0, 0.05) is 37.4 Å². The van der Waals surface area contributed by atoms with E-state index in [1.807, 2.05) is 18.2 Å². The maximum Gasteiger partial charge on any atom is 0.305 e. The van der Waals surface area contributed by atoms with Gasteiger partial charge in [-0.05, 0) is 31.4 Å². The Balaban J connectivity index is 1.69. The van der Waals surface area contributed by atoms with Gasteiger partial charge in [-0.1, -0.05) is 18.2 Å². The third kappa shape index (κ3) is 3.12. The molecule has 1 aromatic rings. The summed E-state index contributed by atoms with van der Waals surface area (Å²) in [5.41, 5.74) is 1.15. The van der Waals surface area contributed by atoms with Crippen LogP contribution < -0.4 is 4.90 Å². The van der Waals surface area contributed by atoms with Crippen molar-refractivity contribution in [2.75, 3.05) is 24.5 Å². The molecule has 1 saturated heterocycles. The lowest BCUT2D eigenvalue weighted by Crippen LogP contribution is -2.39. The number of carboxylic acids is 1. The Morgan fingerprint density at radius 1 is 1.25 bits per heavy atom. The normalized spacial score (nSPS) is 22.9. The third-order valence-electron chi connectivity index (χ3n) is 4.35. The van der Waals surface area contributed by atoms with Gasteiger partial charge in [-0.2, -0.15) is 0 Å². The Hall–Kier alpha value is -1.55. The van der Waals surface area contributed by atoms with Crippen molar-refractivity contribution in [3.8, 4) is 0 Å². The second kappa shape index (κ2) is 5.83. The molecule has 0 radical (unpaired) electrons. The number of benzene rings is 1. The van der Waals surface area contributed by atoms with E-state index >= 15 is 0 Å². The van der Waals surface area contributed by atoms with Gasteiger partial charge >= 0.3 is 5.97 Å². The lowest BCUT2D eigenvalue weighted by Gasteiger charge is -2.31. The van der Waals surface area contributed by atoms with Crippen molar-refractivity contribution in [1.82, 2.24) is 4.90 Å². The summed E-state index contributed by atoms with van der Waals surface area (Å²) in [5.74, 6) is -0.719. The maximum atomic E-state index is 10.9. The number of carbonyl (C=O) groups is 1. The average molecular weight is 274 g/mol. The number of nitrogens with zero attached hydrogens (tertiary/aromatic N) is 2. The molecule has 2 aliphatic rings. The second-order valence-corrected chi connectivity index (χ2v) is 5.84. The Bertz CT molecular complexity index is 459. The molecule has 2 fully saturated rings. The number of anilines is 1. The predicted octanol–water partition coefficient (Wildman–Crippen LogP) is 2.20. The van der Waals surface area contributed by atoms with Crippen molar-refractivity contribution in [1.29, 1.82) is 0 Å². The molecular weight excluding hydrogens is 252 g/mol. The zero-order valence-corrected chi connectivity index (χ0v) is 11.7. The second-order valence-electron chi connectivity index (χ2n) is 5.84. The fourth-order valence-electron chi connectivity index (χ4n) is 3.15. The van der Waals surface area contributed by atoms with E-state index in [1.54, 1.807) is 0 Å². The molecule has 20 heavy (non-hydrogen) atoms. The van der Waals surface area contributed by atoms with Crippen LogP contribution in [-0.4, -0.2) is 47.7 Å². The smallest absolute Gasteiger partial charge is 0.305 e. The number of carboxylic acid groups (broad SMARTS) is 1. The van der Waals surface area contributed by atoms with Crippen LogP contribution in [0, 0.1) is 0 Å². The molecule has 4 nitrogen and oxygen atoms in total. The summed E-state index contributed by atoms with van der Waals surface area (Å²) < 4.78 is 0. The van der Waals surface area contributed by atoms with E-state index in [-0.39, 0.29) is 6.42 Å². The molecule has 0 aromatic heterocycles. The topological polar surface area (TPSA) is 43.8 Å². The number of rotatable bonds is 6. The van der Waals surface area contributed by atoms with Gasteiger partial charge in [0.1, 0.15) is 0 Å². The fraction of sp³-hybridized carbons (Fsp3) is 0.562. The highest BCUT2D eigenvalue weighted by Crippen LogP contribution is 2.32. The molecule has 3 rings (SSSR count). The highest BCUT2D eigenvalue weighted by molar-refractivity contribution is 5.67. The minimum Gasteiger partial charge on any atom is -0.481 e. The molecule has 0 bridgehead atoms. The van der Waals surface area contributed by atoms with Gasteiger partial charge in [-0.3, -0.25) is 9.69 Å². The zero-order valence-electron chi connectivity index (χ0n) is 11.7. The van der Waals surface area contributed by atoms with E-state index in [2.05, 4.69) is 21.9 Å². The summed E-state index contributed by atoms with van der Waals surface area (Å²) in [6, 6.07) is 11.5. The van der Waals surface area contributed by atoms with Crippen molar-refractivity contribution >= 4 is 11.7 Å². The van der Waals surface area contributed by atoms with Gasteiger partial charge < -0.3 is 10.0 Å². The summed E-state index contributed by atoms with van der Waals surface area (Å²) in [7, 11) is 0. The van der Waals surface area contributed by atoms with Crippen LogP contribution >= 0.6 is 0 Å². The molecule has 0 spiro atoms. The van der Waals surface area contributed by atoms with Crippen molar-refractivity contribution < 1.29 is 9.90 Å². The Morgan fingerprint density at radius 3 is 2.65 bits per heavy atom. The van der Waals surface area contributed by atoms with E-state index in [0.29, 0.717) is 12.6 Å². The number of hydrogen-bond donors (Lipinski definition) is 1. The SMILES string of the molecule is O=C(O)CCN(c1ccccc1)C1CCN(C2CC2)C1. The number of para-hydroxylation sites is 1. The van der Waals surface area contributed by atoms with E-state index < -0.39 is 5.97 Å². The number of hydrogen-bond acceptors (Lipinski definition) is 3. The molecule has 108 valence electrons. The standard InChI is InChI=1S/C16H22N2O2/c19-16(20)9-11-18(14-4-2-1-3-5-14)15-8-10-17(12-15)13-6-7-13/h1-5,13,15H,6-12H2,(H,19,20). The lowest BCUT2D eigenvalue weighted by atomic mass is 10.1. The monoisotopic (exact) mass is 274 g/mol. The van der Waals surface area contributed by atoms with Gasteiger partial charge in [0.2, 0.25) is 0 Å². The van der Waals surface area contributed by atoms with E-state index in [0.717, 1.165) is 31.2 Å². The molecule has 1 saturated carbocycles. The predicted molar refractivity (Wildman–Crippen MR) is 79.0 cm³/mol. The molecule has 1 heterocycles. The largest absolute Gasteiger partial charge is 0.481 e. The minimum atomic E-state index is -0.719. The first-order valence-corrected chi connectivity index (χ1v) is 7.51. The van der Waals surface area contributed by atoms with Crippen LogP contribution in [0.1, 0.15) is 25.7 Å². The van der Waals surface area contributed by atoms with Crippen molar-refractivity contribution in [3.63, 3.8) is 0 Å². The zero-order chi connectivity index (χ0) is 13.9. The summed E-state index contributed by atoms with van der Waals surface area (Å²) >= 11 is 0. The molecule has 4 heteroatoms. The van der Waals surface area contributed by atoms with Crippen molar-refractivity contribution in [2.45, 2.75) is 37.8 Å². The summed E-state index contributed by atoms with van der Waals surface area (Å²) in [6.07, 6.45) is 4.03. The number of aliphatic carboxylic acids is 1. The van der Waals surface area contributed by atoms with Crippen molar-refractivity contribution in [3.05, 3.63) is 30.3 Å². The van der Waals surface area contributed by atoms with Crippen LogP contribution in [0.25, 0.3) is 0 Å².